The predicted molar refractivity (Wildman–Crippen MR) is 101 cm³/mol. The van der Waals surface area contributed by atoms with Crippen LogP contribution < -0.4 is 20.9 Å². The maximum Gasteiger partial charge on any atom is 0.251 e. The fourth-order valence-electron chi connectivity index (χ4n) is 4.87. The van der Waals surface area contributed by atoms with Gasteiger partial charge in [0.2, 0.25) is 0 Å². The molecule has 0 saturated heterocycles. The van der Waals surface area contributed by atoms with E-state index in [1.807, 2.05) is 6.07 Å². The Bertz CT molecular complexity index is 677. The van der Waals surface area contributed by atoms with Crippen molar-refractivity contribution in [2.75, 3.05) is 13.1 Å². The Kier molecular flexibility index (Phi) is 4.45. The second kappa shape index (κ2) is 6.39. The molecule has 5 heteroatoms. The molecule has 5 nitrogen and oxygen atoms in total. The molecule has 1 fully saturated rings. The highest BCUT2D eigenvalue weighted by atomic mass is 16.7. The third-order valence-electron chi connectivity index (χ3n) is 6.11. The van der Waals surface area contributed by atoms with Crippen LogP contribution in [0.5, 0.6) is 11.5 Å². The minimum absolute atomic E-state index is 0.00782. The van der Waals surface area contributed by atoms with Gasteiger partial charge in [-0.05, 0) is 29.9 Å². The van der Waals surface area contributed by atoms with E-state index in [0.29, 0.717) is 13.1 Å². The summed E-state index contributed by atoms with van der Waals surface area (Å²) < 4.78 is 19.3. The van der Waals surface area contributed by atoms with Gasteiger partial charge in [0.15, 0.2) is 11.5 Å². The van der Waals surface area contributed by atoms with E-state index in [9.17, 15) is 0 Å². The number of rotatable bonds is 2. The van der Waals surface area contributed by atoms with Crippen LogP contribution in [0.1, 0.15) is 76.0 Å². The van der Waals surface area contributed by atoms with E-state index in [4.69, 9.17) is 25.7 Å². The molecule has 2 aliphatic heterocycles. The van der Waals surface area contributed by atoms with Crippen molar-refractivity contribution in [2.45, 2.75) is 76.8 Å². The van der Waals surface area contributed by atoms with Crippen LogP contribution in [0.3, 0.4) is 0 Å². The second-order valence-electron chi connectivity index (χ2n) is 9.06. The third-order valence-corrected chi connectivity index (χ3v) is 6.11. The van der Waals surface area contributed by atoms with Crippen molar-refractivity contribution < 1.29 is 14.2 Å². The molecule has 1 aromatic carbocycles. The van der Waals surface area contributed by atoms with E-state index >= 15 is 0 Å². The Balaban J connectivity index is 1.80. The van der Waals surface area contributed by atoms with Gasteiger partial charge in [-0.25, -0.2) is 0 Å². The number of nitrogens with two attached hydrogens (primary N) is 2. The van der Waals surface area contributed by atoms with Crippen LogP contribution in [-0.2, 0) is 4.74 Å². The van der Waals surface area contributed by atoms with Gasteiger partial charge in [0.25, 0.3) is 5.79 Å². The van der Waals surface area contributed by atoms with Gasteiger partial charge in [-0.3, -0.25) is 0 Å². The molecule has 2 heterocycles. The van der Waals surface area contributed by atoms with Gasteiger partial charge in [0.1, 0.15) is 0 Å². The summed E-state index contributed by atoms with van der Waals surface area (Å²) in [6, 6.07) is 4.12. The summed E-state index contributed by atoms with van der Waals surface area (Å²) in [5.74, 6) is 1.33. The first-order valence-electron chi connectivity index (χ1n) is 9.99. The van der Waals surface area contributed by atoms with Gasteiger partial charge >= 0.3 is 0 Å². The summed E-state index contributed by atoms with van der Waals surface area (Å²) in [5, 5.41) is 0. The largest absolute Gasteiger partial charge is 0.448 e. The first kappa shape index (κ1) is 18.1. The van der Waals surface area contributed by atoms with E-state index in [1.54, 1.807) is 0 Å². The fraction of sp³-hybridized carbons (Fsp3) is 0.714. The normalized spacial score (nSPS) is 29.7. The van der Waals surface area contributed by atoms with Gasteiger partial charge in [-0.2, -0.15) is 0 Å². The van der Waals surface area contributed by atoms with E-state index in [2.05, 4.69) is 26.8 Å². The van der Waals surface area contributed by atoms with Crippen LogP contribution in [0.2, 0.25) is 0 Å². The highest BCUT2D eigenvalue weighted by Gasteiger charge is 2.48. The molecule has 144 valence electrons. The first-order chi connectivity index (χ1) is 12.4. The number of hydrogen-bond donors (Lipinski definition) is 2. The minimum atomic E-state index is -0.484. The SMILES string of the molecule is CC(C)(C)C1OC(CN)c2ccc3c(c2C1CN)OC1(CCCCC1)O3. The highest BCUT2D eigenvalue weighted by Crippen LogP contribution is 2.54. The fourth-order valence-corrected chi connectivity index (χ4v) is 4.87. The Morgan fingerprint density at radius 2 is 1.77 bits per heavy atom. The number of ether oxygens (including phenoxy) is 3. The average Bonchev–Trinajstić information content (AvgIpc) is 2.97. The first-order valence-corrected chi connectivity index (χ1v) is 9.99. The van der Waals surface area contributed by atoms with Crippen molar-refractivity contribution in [3.8, 4) is 11.5 Å². The summed E-state index contributed by atoms with van der Waals surface area (Å²) in [7, 11) is 0. The monoisotopic (exact) mass is 360 g/mol. The molecule has 1 saturated carbocycles. The van der Waals surface area contributed by atoms with Crippen LogP contribution in [-0.4, -0.2) is 25.0 Å². The zero-order valence-electron chi connectivity index (χ0n) is 16.2. The van der Waals surface area contributed by atoms with Crippen LogP contribution in [0.4, 0.5) is 0 Å². The van der Waals surface area contributed by atoms with Gasteiger partial charge in [0, 0.05) is 37.4 Å². The van der Waals surface area contributed by atoms with Crippen molar-refractivity contribution in [1.29, 1.82) is 0 Å². The quantitative estimate of drug-likeness (QED) is 0.842. The predicted octanol–water partition coefficient (Wildman–Crippen LogP) is 3.61. The number of hydrogen-bond acceptors (Lipinski definition) is 5. The summed E-state index contributed by atoms with van der Waals surface area (Å²) in [5.41, 5.74) is 14.5. The van der Waals surface area contributed by atoms with Crippen molar-refractivity contribution >= 4 is 0 Å². The lowest BCUT2D eigenvalue weighted by Gasteiger charge is -2.44. The van der Waals surface area contributed by atoms with Gasteiger partial charge in [-0.1, -0.05) is 33.3 Å². The summed E-state index contributed by atoms with van der Waals surface area (Å²) in [6.07, 6.45) is 5.31. The second-order valence-corrected chi connectivity index (χ2v) is 9.06. The third kappa shape index (κ3) is 2.81. The van der Waals surface area contributed by atoms with Crippen LogP contribution in [0.25, 0.3) is 0 Å². The van der Waals surface area contributed by atoms with Crippen LogP contribution in [0, 0.1) is 5.41 Å². The molecule has 0 aromatic heterocycles. The van der Waals surface area contributed by atoms with Gasteiger partial charge in [0.05, 0.1) is 12.2 Å². The lowest BCUT2D eigenvalue weighted by atomic mass is 9.74. The zero-order valence-corrected chi connectivity index (χ0v) is 16.2. The smallest absolute Gasteiger partial charge is 0.251 e. The van der Waals surface area contributed by atoms with Gasteiger partial charge in [-0.15, -0.1) is 0 Å². The van der Waals surface area contributed by atoms with E-state index in [0.717, 1.165) is 48.3 Å². The van der Waals surface area contributed by atoms with Crippen molar-refractivity contribution in [2.24, 2.45) is 16.9 Å². The molecule has 0 bridgehead atoms. The van der Waals surface area contributed by atoms with Crippen molar-refractivity contribution in [3.05, 3.63) is 23.3 Å². The Labute approximate surface area is 156 Å². The van der Waals surface area contributed by atoms with Crippen LogP contribution >= 0.6 is 0 Å². The molecule has 4 rings (SSSR count). The molecule has 1 spiro atoms. The Morgan fingerprint density at radius 3 is 2.38 bits per heavy atom. The van der Waals surface area contributed by atoms with E-state index in [1.165, 1.54) is 6.42 Å². The van der Waals surface area contributed by atoms with E-state index in [-0.39, 0.29) is 23.5 Å². The summed E-state index contributed by atoms with van der Waals surface area (Å²) >= 11 is 0. The zero-order chi connectivity index (χ0) is 18.5. The average molecular weight is 360 g/mol. The summed E-state index contributed by atoms with van der Waals surface area (Å²) in [6.45, 7) is 7.55. The molecule has 0 amide bonds. The molecule has 0 radical (unpaired) electrons. The Hall–Kier alpha value is -1.30. The molecule has 4 N–H and O–H groups in total. The number of benzene rings is 1. The molecule has 3 atom stereocenters. The molecule has 1 aliphatic carbocycles. The van der Waals surface area contributed by atoms with Crippen LogP contribution in [0.15, 0.2) is 12.1 Å². The lowest BCUT2D eigenvalue weighted by molar-refractivity contribution is -0.108. The van der Waals surface area contributed by atoms with E-state index < -0.39 is 5.79 Å². The minimum Gasteiger partial charge on any atom is -0.448 e. The molecular formula is C21H32N2O3. The maximum atomic E-state index is 6.55. The maximum absolute atomic E-state index is 6.55. The number of fused-ring (bicyclic) bond motifs is 3. The molecule has 3 aliphatic rings. The Morgan fingerprint density at radius 1 is 1.04 bits per heavy atom. The molecule has 26 heavy (non-hydrogen) atoms. The molecule has 1 aromatic rings. The van der Waals surface area contributed by atoms with Gasteiger partial charge < -0.3 is 25.7 Å². The highest BCUT2D eigenvalue weighted by molar-refractivity contribution is 5.57. The van der Waals surface area contributed by atoms with Crippen molar-refractivity contribution in [3.63, 3.8) is 0 Å². The topological polar surface area (TPSA) is 79.7 Å². The summed E-state index contributed by atoms with van der Waals surface area (Å²) in [4.78, 5) is 0. The standard InChI is InChI=1S/C21H32N2O3/c1-20(2,3)19-14(11-22)17-13(16(12-23)24-19)7-8-15-18(17)26-21(25-15)9-5-4-6-10-21/h7-8,14,16,19H,4-6,9-12,22-23H2,1-3H3. The molecular weight excluding hydrogens is 328 g/mol. The van der Waals surface area contributed by atoms with Crippen molar-refractivity contribution in [1.82, 2.24) is 0 Å². The molecule has 3 unspecified atom stereocenters. The lowest BCUT2D eigenvalue weighted by Crippen LogP contribution is -2.44.